The van der Waals surface area contributed by atoms with E-state index in [1.165, 1.54) is 6.07 Å². The minimum absolute atomic E-state index is 0.0363. The summed E-state index contributed by atoms with van der Waals surface area (Å²) in [4.78, 5) is 31.3. The summed E-state index contributed by atoms with van der Waals surface area (Å²) >= 11 is 0. The van der Waals surface area contributed by atoms with Crippen LogP contribution in [0.1, 0.15) is 34.6 Å². The maximum absolute atomic E-state index is 13.6. The molecular weight excluding hydrogens is 301 g/mol. The van der Waals surface area contributed by atoms with Crippen molar-refractivity contribution in [2.24, 2.45) is 0 Å². The average molecular weight is 315 g/mol. The van der Waals surface area contributed by atoms with Gasteiger partial charge in [0.1, 0.15) is 5.82 Å². The van der Waals surface area contributed by atoms with Gasteiger partial charge in [0.15, 0.2) is 5.82 Å². The predicted octanol–water partition coefficient (Wildman–Crippen LogP) is 1.66. The summed E-state index contributed by atoms with van der Waals surface area (Å²) in [5, 5.41) is 11.7. The van der Waals surface area contributed by atoms with Gasteiger partial charge in [-0.3, -0.25) is 4.79 Å². The van der Waals surface area contributed by atoms with E-state index < -0.39 is 22.9 Å². The highest BCUT2D eigenvalue weighted by molar-refractivity contribution is 5.88. The van der Waals surface area contributed by atoms with Gasteiger partial charge in [-0.2, -0.15) is 0 Å². The molecule has 1 saturated carbocycles. The molecule has 0 atom stereocenters. The number of hydrogen-bond donors (Lipinski definition) is 2. The van der Waals surface area contributed by atoms with E-state index in [2.05, 4.69) is 15.3 Å². The number of halogens is 1. The largest absolute Gasteiger partial charge is 0.478 e. The number of aromatic nitrogens is 2. The summed E-state index contributed by atoms with van der Waals surface area (Å²) in [5.74, 6) is -1.90. The number of carbonyl (C=O) groups is 2. The molecule has 0 aliphatic heterocycles. The third-order valence-corrected chi connectivity index (χ3v) is 3.75. The number of nitrogens with one attached hydrogen (secondary N) is 1. The standard InChI is InChI=1S/C16H14FN3O3/c17-12-8-10(2-3-11(12)14(22)23)9-13(21)20-16(4-5-16)15-18-6-1-7-19-15/h1-3,6-8H,4-5,9H2,(H,20,21)(H,22,23). The SMILES string of the molecule is O=C(Cc1ccc(C(=O)O)c(F)c1)NC1(c2ncccn2)CC1. The molecule has 1 aliphatic rings. The highest BCUT2D eigenvalue weighted by Crippen LogP contribution is 2.43. The maximum Gasteiger partial charge on any atom is 0.338 e. The summed E-state index contributed by atoms with van der Waals surface area (Å²) in [7, 11) is 0. The molecule has 7 heteroatoms. The van der Waals surface area contributed by atoms with E-state index in [-0.39, 0.29) is 12.3 Å². The van der Waals surface area contributed by atoms with E-state index in [1.54, 1.807) is 18.5 Å². The molecule has 3 rings (SSSR count). The van der Waals surface area contributed by atoms with Crippen molar-refractivity contribution in [1.82, 2.24) is 15.3 Å². The van der Waals surface area contributed by atoms with Crippen LogP contribution >= 0.6 is 0 Å². The maximum atomic E-state index is 13.6. The van der Waals surface area contributed by atoms with Crippen molar-refractivity contribution < 1.29 is 19.1 Å². The normalized spacial score (nSPS) is 15.0. The lowest BCUT2D eigenvalue weighted by atomic mass is 10.1. The highest BCUT2D eigenvalue weighted by atomic mass is 19.1. The zero-order valence-corrected chi connectivity index (χ0v) is 12.1. The molecule has 118 valence electrons. The number of hydrogen-bond acceptors (Lipinski definition) is 4. The Balaban J connectivity index is 1.69. The van der Waals surface area contributed by atoms with Crippen molar-refractivity contribution in [3.05, 3.63) is 59.4 Å². The second kappa shape index (κ2) is 5.75. The Kier molecular flexibility index (Phi) is 3.77. The Bertz CT molecular complexity index is 760. The minimum atomic E-state index is -1.34. The number of carboxylic acids is 1. The molecule has 6 nitrogen and oxygen atoms in total. The fourth-order valence-corrected chi connectivity index (χ4v) is 2.41. The summed E-state index contributed by atoms with van der Waals surface area (Å²) in [6.45, 7) is 0. The Labute approximate surface area is 131 Å². The molecule has 2 N–H and O–H groups in total. The lowest BCUT2D eigenvalue weighted by molar-refractivity contribution is -0.121. The van der Waals surface area contributed by atoms with Crippen LogP contribution in [0.5, 0.6) is 0 Å². The molecule has 1 fully saturated rings. The van der Waals surface area contributed by atoms with Crippen LogP contribution in [0.4, 0.5) is 4.39 Å². The van der Waals surface area contributed by atoms with Gasteiger partial charge < -0.3 is 10.4 Å². The van der Waals surface area contributed by atoms with Gasteiger partial charge >= 0.3 is 5.97 Å². The van der Waals surface area contributed by atoms with Crippen LogP contribution in [0.2, 0.25) is 0 Å². The summed E-state index contributed by atoms with van der Waals surface area (Å²) in [6, 6.07) is 5.37. The van der Waals surface area contributed by atoms with Crippen molar-refractivity contribution in [3.63, 3.8) is 0 Å². The number of carbonyl (C=O) groups excluding carboxylic acids is 1. The molecule has 1 aromatic heterocycles. The lowest BCUT2D eigenvalue weighted by Gasteiger charge is -2.15. The number of nitrogens with zero attached hydrogens (tertiary/aromatic N) is 2. The quantitative estimate of drug-likeness (QED) is 0.875. The molecule has 1 heterocycles. The smallest absolute Gasteiger partial charge is 0.338 e. The van der Waals surface area contributed by atoms with Gasteiger partial charge in [-0.1, -0.05) is 6.07 Å². The van der Waals surface area contributed by atoms with Crippen LogP contribution in [0.25, 0.3) is 0 Å². The average Bonchev–Trinajstić information content (AvgIpc) is 3.28. The van der Waals surface area contributed by atoms with E-state index in [4.69, 9.17) is 5.11 Å². The number of rotatable bonds is 5. The van der Waals surface area contributed by atoms with E-state index >= 15 is 0 Å². The first-order valence-electron chi connectivity index (χ1n) is 7.10. The van der Waals surface area contributed by atoms with E-state index in [0.717, 1.165) is 25.0 Å². The molecule has 0 bridgehead atoms. The van der Waals surface area contributed by atoms with Gasteiger partial charge in [-0.05, 0) is 36.6 Å². The van der Waals surface area contributed by atoms with Crippen LogP contribution < -0.4 is 5.32 Å². The first-order chi connectivity index (χ1) is 11.0. The van der Waals surface area contributed by atoms with Crippen molar-refractivity contribution in [1.29, 1.82) is 0 Å². The topological polar surface area (TPSA) is 92.2 Å². The zero-order chi connectivity index (χ0) is 16.4. The summed E-state index contributed by atoms with van der Waals surface area (Å²) in [6.07, 6.45) is 4.72. The zero-order valence-electron chi connectivity index (χ0n) is 12.1. The Morgan fingerprint density at radius 1 is 1.26 bits per heavy atom. The van der Waals surface area contributed by atoms with Gasteiger partial charge in [0.05, 0.1) is 17.5 Å². The molecule has 1 aliphatic carbocycles. The molecule has 0 saturated heterocycles. The number of benzene rings is 1. The fraction of sp³-hybridized carbons (Fsp3) is 0.250. The molecule has 0 spiro atoms. The number of amides is 1. The van der Waals surface area contributed by atoms with Gasteiger partial charge in [-0.25, -0.2) is 19.2 Å². The van der Waals surface area contributed by atoms with E-state index in [0.29, 0.717) is 11.4 Å². The molecule has 1 amide bonds. The highest BCUT2D eigenvalue weighted by Gasteiger charge is 2.48. The van der Waals surface area contributed by atoms with E-state index in [9.17, 15) is 14.0 Å². The van der Waals surface area contributed by atoms with Crippen LogP contribution in [-0.4, -0.2) is 27.0 Å². The molecule has 23 heavy (non-hydrogen) atoms. The summed E-state index contributed by atoms with van der Waals surface area (Å²) in [5.41, 5.74) is -0.530. The summed E-state index contributed by atoms with van der Waals surface area (Å²) < 4.78 is 13.6. The monoisotopic (exact) mass is 315 g/mol. The Morgan fingerprint density at radius 3 is 2.52 bits per heavy atom. The van der Waals surface area contributed by atoms with Crippen LogP contribution in [-0.2, 0) is 16.8 Å². The molecular formula is C16H14FN3O3. The second-order valence-electron chi connectivity index (χ2n) is 5.50. The molecule has 1 aromatic carbocycles. The van der Waals surface area contributed by atoms with Crippen LogP contribution in [0, 0.1) is 5.82 Å². The van der Waals surface area contributed by atoms with Crippen molar-refractivity contribution in [2.75, 3.05) is 0 Å². The van der Waals surface area contributed by atoms with Crippen LogP contribution in [0.15, 0.2) is 36.7 Å². The lowest BCUT2D eigenvalue weighted by Crippen LogP contribution is -2.37. The number of aromatic carboxylic acids is 1. The second-order valence-corrected chi connectivity index (χ2v) is 5.50. The molecule has 2 aromatic rings. The van der Waals surface area contributed by atoms with Gasteiger partial charge in [0.2, 0.25) is 5.91 Å². The third kappa shape index (κ3) is 3.18. The number of carboxylic acid groups (broad SMARTS) is 1. The molecule has 0 radical (unpaired) electrons. The van der Waals surface area contributed by atoms with Gasteiger partial charge in [0.25, 0.3) is 0 Å². The van der Waals surface area contributed by atoms with Crippen molar-refractivity contribution in [2.45, 2.75) is 24.8 Å². The van der Waals surface area contributed by atoms with Gasteiger partial charge in [-0.15, -0.1) is 0 Å². The van der Waals surface area contributed by atoms with Crippen molar-refractivity contribution >= 4 is 11.9 Å². The van der Waals surface area contributed by atoms with Gasteiger partial charge in [0, 0.05) is 12.4 Å². The minimum Gasteiger partial charge on any atom is -0.478 e. The Hall–Kier alpha value is -2.83. The third-order valence-electron chi connectivity index (χ3n) is 3.75. The van der Waals surface area contributed by atoms with E-state index in [1.807, 2.05) is 0 Å². The van der Waals surface area contributed by atoms with Crippen LogP contribution in [0.3, 0.4) is 0 Å². The fourth-order valence-electron chi connectivity index (χ4n) is 2.41. The predicted molar refractivity (Wildman–Crippen MR) is 78.2 cm³/mol. The first-order valence-corrected chi connectivity index (χ1v) is 7.10. The van der Waals surface area contributed by atoms with Crippen molar-refractivity contribution in [3.8, 4) is 0 Å². The first kappa shape index (κ1) is 15.1. The molecule has 0 unspecified atom stereocenters. The Morgan fingerprint density at radius 2 is 1.96 bits per heavy atom.